The van der Waals surface area contributed by atoms with Gasteiger partial charge in [-0.2, -0.15) is 17.6 Å². The molecule has 0 saturated carbocycles. The Hall–Kier alpha value is -0.850. The number of ether oxygens (including phenoxy) is 1. The molecule has 0 radical (unpaired) electrons. The first kappa shape index (κ1) is 11.2. The summed E-state index contributed by atoms with van der Waals surface area (Å²) in [7, 11) is 0. The van der Waals surface area contributed by atoms with E-state index in [4.69, 9.17) is 5.11 Å². The third-order valence-electron chi connectivity index (χ3n) is 1.12. The molecule has 0 aliphatic heterocycles. The Morgan fingerprint density at radius 2 is 1.92 bits per heavy atom. The summed E-state index contributed by atoms with van der Waals surface area (Å²) in [6.45, 7) is -3.12. The van der Waals surface area contributed by atoms with E-state index >= 15 is 0 Å². The van der Waals surface area contributed by atoms with E-state index < -0.39 is 24.6 Å². The van der Waals surface area contributed by atoms with Crippen LogP contribution in [0.15, 0.2) is 0 Å². The predicted octanol–water partition coefficient (Wildman–Crippen LogP) is 1.54. The number of carbonyl (C=O) groups is 1. The van der Waals surface area contributed by atoms with Gasteiger partial charge >= 0.3 is 18.7 Å². The summed E-state index contributed by atoms with van der Waals surface area (Å²) in [6.07, 6.45) is -4.35. The molecule has 0 fully saturated rings. The molecule has 1 N–H and O–H groups in total. The maximum absolute atomic E-state index is 12.2. The van der Waals surface area contributed by atoms with Gasteiger partial charge in [0.25, 0.3) is 0 Å². The first-order valence-electron chi connectivity index (χ1n) is 2.84. The van der Waals surface area contributed by atoms with E-state index in [2.05, 4.69) is 4.74 Å². The first-order chi connectivity index (χ1) is 5.27. The lowest BCUT2D eigenvalue weighted by atomic mass is 10.2. The molecule has 0 aliphatic rings. The number of hydrogen-bond donors (Lipinski definition) is 1. The zero-order chi connectivity index (χ0) is 9.94. The van der Waals surface area contributed by atoms with Crippen molar-refractivity contribution >= 4 is 5.97 Å². The van der Waals surface area contributed by atoms with Gasteiger partial charge in [0.05, 0.1) is 0 Å². The minimum absolute atomic E-state index is 0.574. The molecule has 72 valence electrons. The minimum atomic E-state index is -4.35. The maximum Gasteiger partial charge on any atom is 0.373 e. The second-order valence-corrected chi connectivity index (χ2v) is 2.00. The van der Waals surface area contributed by atoms with Crippen LogP contribution in [0.5, 0.6) is 0 Å². The van der Waals surface area contributed by atoms with Crippen molar-refractivity contribution in [2.24, 2.45) is 5.92 Å². The van der Waals surface area contributed by atoms with E-state index in [1.54, 1.807) is 0 Å². The van der Waals surface area contributed by atoms with Gasteiger partial charge in [-0.3, -0.25) is 9.53 Å². The summed E-state index contributed by atoms with van der Waals surface area (Å²) in [5.74, 6) is -4.20. The number of carboxylic acid groups (broad SMARTS) is 1. The summed E-state index contributed by atoms with van der Waals surface area (Å²) in [4.78, 5) is 9.92. The lowest BCUT2D eigenvalue weighted by molar-refractivity contribution is -0.335. The summed E-state index contributed by atoms with van der Waals surface area (Å²) in [5, 5.41) is 8.03. The van der Waals surface area contributed by atoms with Crippen LogP contribution in [-0.4, -0.2) is 23.8 Å². The lowest BCUT2D eigenvalue weighted by Gasteiger charge is -2.19. The van der Waals surface area contributed by atoms with Gasteiger partial charge < -0.3 is 5.11 Å². The average Bonchev–Trinajstić information content (AvgIpc) is 1.82. The molecule has 1 atom stereocenters. The van der Waals surface area contributed by atoms with Gasteiger partial charge in [0.1, 0.15) is 5.92 Å². The van der Waals surface area contributed by atoms with E-state index in [1.807, 2.05) is 0 Å². The van der Waals surface area contributed by atoms with Crippen molar-refractivity contribution in [1.82, 2.24) is 0 Å². The number of rotatable bonds is 4. The van der Waals surface area contributed by atoms with Gasteiger partial charge in [0.15, 0.2) is 0 Å². The smallest absolute Gasteiger partial charge is 0.373 e. The Bertz CT molecular complexity index is 170. The van der Waals surface area contributed by atoms with Crippen molar-refractivity contribution in [2.75, 3.05) is 0 Å². The number of aliphatic carboxylic acids is 1. The highest BCUT2D eigenvalue weighted by molar-refractivity contribution is 5.70. The van der Waals surface area contributed by atoms with Gasteiger partial charge in [-0.1, -0.05) is 0 Å². The molecular weight excluding hydrogens is 184 g/mol. The monoisotopic (exact) mass is 190 g/mol. The number of halogens is 4. The Labute approximate surface area is 64.9 Å². The van der Waals surface area contributed by atoms with Gasteiger partial charge in [-0.25, -0.2) is 0 Å². The molecule has 12 heavy (non-hydrogen) atoms. The lowest BCUT2D eigenvalue weighted by Crippen LogP contribution is -2.36. The summed E-state index contributed by atoms with van der Waals surface area (Å²) >= 11 is 0. The molecular formula is C5H6F4O3. The predicted molar refractivity (Wildman–Crippen MR) is 28.8 cm³/mol. The fourth-order valence-corrected chi connectivity index (χ4v) is 0.365. The molecule has 0 rings (SSSR count). The Morgan fingerprint density at radius 3 is 2.17 bits per heavy atom. The van der Waals surface area contributed by atoms with Crippen LogP contribution < -0.4 is 0 Å². The standard InChI is InChI=1S/C5H6F4O3/c1-2(3(10)11)5(8,9)12-4(6)7/h2,4H,1H3,(H,10,11). The number of hydrogen-bond acceptors (Lipinski definition) is 2. The average molecular weight is 190 g/mol. The quantitative estimate of drug-likeness (QED) is 0.684. The minimum Gasteiger partial charge on any atom is -0.481 e. The molecule has 0 aromatic carbocycles. The van der Waals surface area contributed by atoms with Crippen molar-refractivity contribution in [3.05, 3.63) is 0 Å². The largest absolute Gasteiger partial charge is 0.481 e. The van der Waals surface area contributed by atoms with Crippen molar-refractivity contribution in [3.63, 3.8) is 0 Å². The highest BCUT2D eigenvalue weighted by atomic mass is 19.3. The SMILES string of the molecule is CC(C(=O)O)C(F)(F)OC(F)F. The highest BCUT2D eigenvalue weighted by Gasteiger charge is 2.45. The Kier molecular flexibility index (Phi) is 3.44. The zero-order valence-corrected chi connectivity index (χ0v) is 5.93. The van der Waals surface area contributed by atoms with Gasteiger partial charge in [0.2, 0.25) is 0 Å². The second-order valence-electron chi connectivity index (χ2n) is 2.00. The van der Waals surface area contributed by atoms with Crippen LogP contribution in [-0.2, 0) is 9.53 Å². The zero-order valence-electron chi connectivity index (χ0n) is 5.93. The van der Waals surface area contributed by atoms with E-state index in [-0.39, 0.29) is 0 Å². The Balaban J connectivity index is 4.28. The van der Waals surface area contributed by atoms with Crippen molar-refractivity contribution < 1.29 is 32.2 Å². The molecule has 0 spiro atoms. The second kappa shape index (κ2) is 3.70. The molecule has 3 nitrogen and oxygen atoms in total. The van der Waals surface area contributed by atoms with Crippen LogP contribution in [0, 0.1) is 5.92 Å². The first-order valence-corrected chi connectivity index (χ1v) is 2.84. The van der Waals surface area contributed by atoms with E-state index in [0.717, 1.165) is 0 Å². The third-order valence-corrected chi connectivity index (χ3v) is 1.12. The van der Waals surface area contributed by atoms with E-state index in [9.17, 15) is 22.4 Å². The van der Waals surface area contributed by atoms with Crippen LogP contribution in [0.4, 0.5) is 17.6 Å². The van der Waals surface area contributed by atoms with Crippen molar-refractivity contribution in [3.8, 4) is 0 Å². The Morgan fingerprint density at radius 1 is 1.50 bits per heavy atom. The van der Waals surface area contributed by atoms with Gasteiger partial charge in [0, 0.05) is 0 Å². The number of carboxylic acids is 1. The molecule has 0 heterocycles. The van der Waals surface area contributed by atoms with E-state index in [1.165, 1.54) is 0 Å². The van der Waals surface area contributed by atoms with Crippen LogP contribution in [0.25, 0.3) is 0 Å². The van der Waals surface area contributed by atoms with Gasteiger partial charge in [-0.15, -0.1) is 0 Å². The fourth-order valence-electron chi connectivity index (χ4n) is 0.365. The van der Waals surface area contributed by atoms with Crippen molar-refractivity contribution in [2.45, 2.75) is 19.6 Å². The molecule has 0 saturated heterocycles. The van der Waals surface area contributed by atoms with Crippen molar-refractivity contribution in [1.29, 1.82) is 0 Å². The third kappa shape index (κ3) is 3.04. The highest BCUT2D eigenvalue weighted by Crippen LogP contribution is 2.28. The molecule has 1 unspecified atom stereocenters. The number of alkyl halides is 4. The summed E-state index contributed by atoms with van der Waals surface area (Å²) in [5.41, 5.74) is 0. The van der Waals surface area contributed by atoms with Gasteiger partial charge in [-0.05, 0) is 6.92 Å². The molecule has 0 aromatic heterocycles. The molecule has 7 heteroatoms. The van der Waals surface area contributed by atoms with Crippen LogP contribution >= 0.6 is 0 Å². The molecule has 0 amide bonds. The summed E-state index contributed by atoms with van der Waals surface area (Å²) in [6, 6.07) is 0. The van der Waals surface area contributed by atoms with E-state index in [0.29, 0.717) is 6.92 Å². The fraction of sp³-hybridized carbons (Fsp3) is 0.800. The van der Waals surface area contributed by atoms with Crippen LogP contribution in [0.1, 0.15) is 6.92 Å². The summed E-state index contributed by atoms with van der Waals surface area (Å²) < 4.78 is 49.8. The maximum atomic E-state index is 12.2. The van der Waals surface area contributed by atoms with Crippen LogP contribution in [0.2, 0.25) is 0 Å². The topological polar surface area (TPSA) is 46.5 Å². The molecule has 0 bridgehead atoms. The molecule has 0 aliphatic carbocycles. The van der Waals surface area contributed by atoms with Crippen LogP contribution in [0.3, 0.4) is 0 Å². The normalized spacial score (nSPS) is 14.8. The molecule has 0 aromatic rings.